The number of ketones is 1. The van der Waals surface area contributed by atoms with E-state index in [2.05, 4.69) is 10.9 Å². The maximum atomic E-state index is 12.5. The second-order valence-electron chi connectivity index (χ2n) is 8.39. The maximum Gasteiger partial charge on any atom is 0.305 e. The average molecular weight is 398 g/mol. The highest BCUT2D eigenvalue weighted by Crippen LogP contribution is 2.38. The van der Waals surface area contributed by atoms with Crippen LogP contribution in [0.25, 0.3) is 0 Å². The molecule has 0 unspecified atom stereocenters. The number of hydrazine groups is 1. The van der Waals surface area contributed by atoms with Gasteiger partial charge in [0.1, 0.15) is 11.5 Å². The molecule has 1 heterocycles. The Morgan fingerprint density at radius 3 is 2.31 bits per heavy atom. The highest BCUT2D eigenvalue weighted by molar-refractivity contribution is 6.04. The van der Waals surface area contributed by atoms with Crippen molar-refractivity contribution in [3.8, 4) is 5.75 Å². The smallest absolute Gasteiger partial charge is 0.305 e. The third-order valence-electron chi connectivity index (χ3n) is 4.76. The highest BCUT2D eigenvalue weighted by atomic mass is 16.5. The minimum atomic E-state index is -0.601. The van der Waals surface area contributed by atoms with Gasteiger partial charge in [-0.25, -0.2) is 0 Å². The number of ether oxygens (including phenoxy) is 1. The van der Waals surface area contributed by atoms with Gasteiger partial charge in [0.05, 0.1) is 11.7 Å². The Balaban J connectivity index is 1.67. The molecule has 0 spiro atoms. The Morgan fingerprint density at radius 2 is 1.69 bits per heavy atom. The maximum absolute atomic E-state index is 12.5. The fourth-order valence-corrected chi connectivity index (χ4v) is 3.50. The van der Waals surface area contributed by atoms with E-state index in [0.717, 1.165) is 0 Å². The van der Waals surface area contributed by atoms with E-state index in [1.54, 1.807) is 31.2 Å². The zero-order valence-corrected chi connectivity index (χ0v) is 17.3. The van der Waals surface area contributed by atoms with Gasteiger partial charge in [-0.15, -0.1) is 0 Å². The standard InChI is InChI=1S/C22H26N2O5/c1-12(2)28-15-8-6-14(7-9-15)20(26)23-24-21(27)19-13(3)18-16(25)10-22(4,5)11-17(18)29-19/h6-9,12H,10-11H2,1-5H3,(H,23,26)(H,24,27). The molecule has 0 aliphatic heterocycles. The fraction of sp³-hybridized carbons (Fsp3) is 0.409. The van der Waals surface area contributed by atoms with E-state index >= 15 is 0 Å². The molecule has 0 bridgehead atoms. The van der Waals surface area contributed by atoms with Crippen molar-refractivity contribution in [1.29, 1.82) is 0 Å². The number of hydrogen-bond donors (Lipinski definition) is 2. The third kappa shape index (κ3) is 4.50. The second-order valence-corrected chi connectivity index (χ2v) is 8.39. The molecule has 1 aliphatic rings. The molecule has 154 valence electrons. The molecule has 3 rings (SSSR count). The number of Topliss-reactive ketones (excluding diaryl/α,β-unsaturated/α-hetero) is 1. The summed E-state index contributed by atoms with van der Waals surface area (Å²) in [6, 6.07) is 6.59. The number of furan rings is 1. The van der Waals surface area contributed by atoms with Crippen LogP contribution in [0, 0.1) is 12.3 Å². The van der Waals surface area contributed by atoms with E-state index < -0.39 is 11.8 Å². The second kappa shape index (κ2) is 7.73. The zero-order chi connectivity index (χ0) is 21.3. The molecule has 0 saturated carbocycles. The van der Waals surface area contributed by atoms with Crippen molar-refractivity contribution in [3.05, 3.63) is 52.5 Å². The molecule has 1 aromatic heterocycles. The van der Waals surface area contributed by atoms with Crippen molar-refractivity contribution in [3.63, 3.8) is 0 Å². The van der Waals surface area contributed by atoms with Crippen LogP contribution in [0.4, 0.5) is 0 Å². The molecular formula is C22H26N2O5. The van der Waals surface area contributed by atoms with Crippen LogP contribution in [0.2, 0.25) is 0 Å². The number of benzene rings is 1. The lowest BCUT2D eigenvalue weighted by molar-refractivity contribution is 0.0827. The van der Waals surface area contributed by atoms with Gasteiger partial charge in [0, 0.05) is 24.0 Å². The van der Waals surface area contributed by atoms with E-state index in [1.807, 2.05) is 27.7 Å². The summed E-state index contributed by atoms with van der Waals surface area (Å²) in [6.45, 7) is 9.49. The molecule has 2 amide bonds. The molecular weight excluding hydrogens is 372 g/mol. The Bertz CT molecular complexity index is 954. The lowest BCUT2D eigenvalue weighted by Gasteiger charge is -2.27. The van der Waals surface area contributed by atoms with E-state index in [0.29, 0.717) is 41.0 Å². The predicted molar refractivity (Wildman–Crippen MR) is 107 cm³/mol. The number of hydrogen-bond acceptors (Lipinski definition) is 5. The van der Waals surface area contributed by atoms with Gasteiger partial charge in [0.25, 0.3) is 5.91 Å². The van der Waals surface area contributed by atoms with Crippen LogP contribution in [-0.2, 0) is 6.42 Å². The van der Waals surface area contributed by atoms with E-state index in [-0.39, 0.29) is 23.1 Å². The van der Waals surface area contributed by atoms with Crippen LogP contribution in [0.3, 0.4) is 0 Å². The van der Waals surface area contributed by atoms with Crippen molar-refractivity contribution in [2.24, 2.45) is 5.41 Å². The van der Waals surface area contributed by atoms with E-state index in [9.17, 15) is 14.4 Å². The van der Waals surface area contributed by atoms with Gasteiger partial charge >= 0.3 is 5.91 Å². The van der Waals surface area contributed by atoms with Crippen LogP contribution in [0.5, 0.6) is 5.75 Å². The summed E-state index contributed by atoms with van der Waals surface area (Å²) in [5, 5.41) is 0. The minimum absolute atomic E-state index is 0.0238. The molecule has 2 N–H and O–H groups in total. The Hall–Kier alpha value is -3.09. The van der Waals surface area contributed by atoms with Crippen LogP contribution >= 0.6 is 0 Å². The number of nitrogens with one attached hydrogen (secondary N) is 2. The molecule has 0 atom stereocenters. The molecule has 7 nitrogen and oxygen atoms in total. The third-order valence-corrected chi connectivity index (χ3v) is 4.76. The largest absolute Gasteiger partial charge is 0.491 e. The first-order valence-electron chi connectivity index (χ1n) is 9.60. The van der Waals surface area contributed by atoms with Gasteiger partial charge in [0.2, 0.25) is 0 Å². The number of carbonyl (C=O) groups is 3. The van der Waals surface area contributed by atoms with Crippen molar-refractivity contribution in [2.45, 2.75) is 53.6 Å². The lowest BCUT2D eigenvalue weighted by Crippen LogP contribution is -2.41. The summed E-state index contributed by atoms with van der Waals surface area (Å²) >= 11 is 0. The number of fused-ring (bicyclic) bond motifs is 1. The Morgan fingerprint density at radius 1 is 1.07 bits per heavy atom. The normalized spacial score (nSPS) is 15.0. The molecule has 1 aromatic carbocycles. The topological polar surface area (TPSA) is 97.6 Å². The van der Waals surface area contributed by atoms with Crippen molar-refractivity contribution < 1.29 is 23.5 Å². The number of amides is 2. The molecule has 0 radical (unpaired) electrons. The number of carbonyl (C=O) groups excluding carboxylic acids is 3. The van der Waals surface area contributed by atoms with Crippen LogP contribution < -0.4 is 15.6 Å². The molecule has 0 saturated heterocycles. The zero-order valence-electron chi connectivity index (χ0n) is 17.3. The summed E-state index contributed by atoms with van der Waals surface area (Å²) in [6.07, 6.45) is 1.03. The van der Waals surface area contributed by atoms with Crippen molar-refractivity contribution in [2.75, 3.05) is 0 Å². The molecule has 0 fully saturated rings. The van der Waals surface area contributed by atoms with Gasteiger partial charge < -0.3 is 9.15 Å². The summed E-state index contributed by atoms with van der Waals surface area (Å²) < 4.78 is 11.2. The summed E-state index contributed by atoms with van der Waals surface area (Å²) in [5.41, 5.74) is 5.88. The molecule has 1 aliphatic carbocycles. The van der Waals surface area contributed by atoms with Crippen LogP contribution in [-0.4, -0.2) is 23.7 Å². The molecule has 29 heavy (non-hydrogen) atoms. The average Bonchev–Trinajstić information content (AvgIpc) is 2.94. The van der Waals surface area contributed by atoms with Crippen molar-refractivity contribution in [1.82, 2.24) is 10.9 Å². The molecule has 7 heteroatoms. The van der Waals surface area contributed by atoms with Gasteiger partial charge in [-0.2, -0.15) is 0 Å². The quantitative estimate of drug-likeness (QED) is 0.767. The molecule has 2 aromatic rings. The Kier molecular flexibility index (Phi) is 5.50. The van der Waals surface area contributed by atoms with E-state index in [4.69, 9.17) is 9.15 Å². The first-order chi connectivity index (χ1) is 13.6. The summed E-state index contributed by atoms with van der Waals surface area (Å²) in [5.74, 6) is 0.133. The fourth-order valence-electron chi connectivity index (χ4n) is 3.50. The summed E-state index contributed by atoms with van der Waals surface area (Å²) in [4.78, 5) is 37.2. The van der Waals surface area contributed by atoms with E-state index in [1.165, 1.54) is 0 Å². The summed E-state index contributed by atoms with van der Waals surface area (Å²) in [7, 11) is 0. The minimum Gasteiger partial charge on any atom is -0.491 e. The van der Waals surface area contributed by atoms with Gasteiger partial charge in [-0.05, 0) is 50.5 Å². The lowest BCUT2D eigenvalue weighted by atomic mass is 9.76. The van der Waals surface area contributed by atoms with Crippen LogP contribution in [0.1, 0.15) is 76.7 Å². The van der Waals surface area contributed by atoms with Gasteiger partial charge in [-0.3, -0.25) is 25.2 Å². The van der Waals surface area contributed by atoms with Crippen LogP contribution in [0.15, 0.2) is 28.7 Å². The highest BCUT2D eigenvalue weighted by Gasteiger charge is 2.37. The first kappa shape index (κ1) is 20.6. The number of rotatable bonds is 4. The predicted octanol–water partition coefficient (Wildman–Crippen LogP) is 3.61. The van der Waals surface area contributed by atoms with Gasteiger partial charge in [0.15, 0.2) is 11.5 Å². The first-order valence-corrected chi connectivity index (χ1v) is 9.60. The monoisotopic (exact) mass is 398 g/mol. The SMILES string of the molecule is Cc1c(C(=O)NNC(=O)c2ccc(OC(C)C)cc2)oc2c1C(=O)CC(C)(C)C2. The van der Waals surface area contributed by atoms with Gasteiger partial charge in [-0.1, -0.05) is 13.8 Å². The Labute approximate surface area is 169 Å². The van der Waals surface area contributed by atoms with Crippen molar-refractivity contribution >= 4 is 17.6 Å².